The first-order valence-electron chi connectivity index (χ1n) is 7.70. The summed E-state index contributed by atoms with van der Waals surface area (Å²) in [5.41, 5.74) is 2.26. The standard InChI is InChI=1S/C18H19NO4/c1-3-21-16-7-5-6-13-11-19-14-10-12(18(20)22-4-2)8-9-15(14)23-17(13)16/h5-10,19H,3-4,11H2,1-2H3. The number of ether oxygens (including phenoxy) is 3. The van der Waals surface area contributed by atoms with Crippen LogP contribution in [0.5, 0.6) is 17.2 Å². The first-order valence-corrected chi connectivity index (χ1v) is 7.70. The third kappa shape index (κ3) is 3.08. The number of hydrogen-bond acceptors (Lipinski definition) is 5. The van der Waals surface area contributed by atoms with Gasteiger partial charge in [-0.15, -0.1) is 0 Å². The van der Waals surface area contributed by atoms with Gasteiger partial charge in [0.15, 0.2) is 17.2 Å². The molecule has 2 aromatic rings. The van der Waals surface area contributed by atoms with Gasteiger partial charge in [-0.1, -0.05) is 12.1 Å². The first kappa shape index (κ1) is 15.2. The minimum absolute atomic E-state index is 0.339. The summed E-state index contributed by atoms with van der Waals surface area (Å²) in [5.74, 6) is 1.75. The topological polar surface area (TPSA) is 56.8 Å². The number of esters is 1. The molecule has 0 fully saturated rings. The molecule has 0 spiro atoms. The lowest BCUT2D eigenvalue weighted by Gasteiger charge is -2.13. The molecule has 2 aromatic carbocycles. The van der Waals surface area contributed by atoms with E-state index in [0.29, 0.717) is 42.6 Å². The molecule has 5 nitrogen and oxygen atoms in total. The van der Waals surface area contributed by atoms with Crippen LogP contribution in [0.15, 0.2) is 36.4 Å². The van der Waals surface area contributed by atoms with Crippen molar-refractivity contribution in [3.63, 3.8) is 0 Å². The van der Waals surface area contributed by atoms with Gasteiger partial charge in [-0.2, -0.15) is 0 Å². The van der Waals surface area contributed by atoms with Gasteiger partial charge in [-0.25, -0.2) is 4.79 Å². The Balaban J connectivity index is 1.95. The molecule has 0 aliphatic carbocycles. The molecule has 0 atom stereocenters. The average Bonchev–Trinajstić information content (AvgIpc) is 2.75. The Morgan fingerprint density at radius 1 is 1.22 bits per heavy atom. The molecule has 120 valence electrons. The third-order valence-corrected chi connectivity index (χ3v) is 3.53. The maximum Gasteiger partial charge on any atom is 0.338 e. The summed E-state index contributed by atoms with van der Waals surface area (Å²) in [6, 6.07) is 11.0. The van der Waals surface area contributed by atoms with Crippen molar-refractivity contribution in [1.29, 1.82) is 0 Å². The van der Waals surface area contributed by atoms with Crippen LogP contribution in [0.4, 0.5) is 5.69 Å². The second-order valence-corrected chi connectivity index (χ2v) is 5.06. The van der Waals surface area contributed by atoms with Crippen LogP contribution in [0, 0.1) is 0 Å². The summed E-state index contributed by atoms with van der Waals surface area (Å²) in [5, 5.41) is 3.30. The molecule has 1 heterocycles. The molecule has 0 amide bonds. The Morgan fingerprint density at radius 3 is 2.87 bits per heavy atom. The van der Waals surface area contributed by atoms with Crippen molar-refractivity contribution in [2.24, 2.45) is 0 Å². The van der Waals surface area contributed by atoms with E-state index in [1.54, 1.807) is 25.1 Å². The molecular formula is C18H19NO4. The fourth-order valence-corrected chi connectivity index (χ4v) is 2.48. The van der Waals surface area contributed by atoms with Crippen molar-refractivity contribution in [3.05, 3.63) is 47.5 Å². The lowest BCUT2D eigenvalue weighted by molar-refractivity contribution is 0.0526. The average molecular weight is 313 g/mol. The molecule has 0 saturated heterocycles. The van der Waals surface area contributed by atoms with E-state index in [0.717, 1.165) is 11.3 Å². The van der Waals surface area contributed by atoms with Gasteiger partial charge in [0.05, 0.1) is 24.5 Å². The largest absolute Gasteiger partial charge is 0.490 e. The minimum Gasteiger partial charge on any atom is -0.490 e. The van der Waals surface area contributed by atoms with Crippen LogP contribution in [0.1, 0.15) is 29.8 Å². The maximum absolute atomic E-state index is 11.9. The molecule has 5 heteroatoms. The number of carbonyl (C=O) groups excluding carboxylic acids is 1. The Bertz CT molecular complexity index is 727. The third-order valence-electron chi connectivity index (χ3n) is 3.53. The zero-order chi connectivity index (χ0) is 16.2. The first-order chi connectivity index (χ1) is 11.2. The number of hydrogen-bond donors (Lipinski definition) is 1. The predicted octanol–water partition coefficient (Wildman–Crippen LogP) is 3.98. The van der Waals surface area contributed by atoms with E-state index in [1.807, 2.05) is 25.1 Å². The highest BCUT2D eigenvalue weighted by atomic mass is 16.5. The van der Waals surface area contributed by atoms with Gasteiger partial charge < -0.3 is 19.5 Å². The Labute approximate surface area is 135 Å². The minimum atomic E-state index is -0.339. The lowest BCUT2D eigenvalue weighted by atomic mass is 10.2. The number of benzene rings is 2. The summed E-state index contributed by atoms with van der Waals surface area (Å²) in [6.07, 6.45) is 0. The van der Waals surface area contributed by atoms with Gasteiger partial charge in [-0.05, 0) is 38.1 Å². The molecule has 0 saturated carbocycles. The predicted molar refractivity (Wildman–Crippen MR) is 87.4 cm³/mol. The second kappa shape index (κ2) is 6.60. The molecule has 1 N–H and O–H groups in total. The fraction of sp³-hybridized carbons (Fsp3) is 0.278. The van der Waals surface area contributed by atoms with Crippen LogP contribution < -0.4 is 14.8 Å². The summed E-state index contributed by atoms with van der Waals surface area (Å²) in [6.45, 7) is 5.24. The van der Waals surface area contributed by atoms with E-state index in [-0.39, 0.29) is 5.97 Å². The quantitative estimate of drug-likeness (QED) is 0.865. The molecule has 0 bridgehead atoms. The normalized spacial score (nSPS) is 12.1. The van der Waals surface area contributed by atoms with Gasteiger partial charge in [0, 0.05) is 12.1 Å². The highest BCUT2D eigenvalue weighted by Gasteiger charge is 2.19. The summed E-state index contributed by atoms with van der Waals surface area (Å²) in [7, 11) is 0. The van der Waals surface area contributed by atoms with Crippen molar-refractivity contribution >= 4 is 11.7 Å². The van der Waals surface area contributed by atoms with Crippen molar-refractivity contribution in [1.82, 2.24) is 0 Å². The highest BCUT2D eigenvalue weighted by molar-refractivity contribution is 5.91. The maximum atomic E-state index is 11.9. The smallest absolute Gasteiger partial charge is 0.338 e. The van der Waals surface area contributed by atoms with Gasteiger partial charge in [0.25, 0.3) is 0 Å². The van der Waals surface area contributed by atoms with Crippen LogP contribution in [0.3, 0.4) is 0 Å². The van der Waals surface area contributed by atoms with Crippen LogP contribution >= 0.6 is 0 Å². The van der Waals surface area contributed by atoms with E-state index in [1.165, 1.54) is 0 Å². The van der Waals surface area contributed by atoms with Crippen molar-refractivity contribution in [2.45, 2.75) is 20.4 Å². The number of carbonyl (C=O) groups is 1. The molecular weight excluding hydrogens is 294 g/mol. The van der Waals surface area contributed by atoms with Crippen molar-refractivity contribution in [3.8, 4) is 17.2 Å². The molecule has 23 heavy (non-hydrogen) atoms. The number of anilines is 1. The van der Waals surface area contributed by atoms with Gasteiger partial charge in [0.1, 0.15) is 0 Å². The second-order valence-electron chi connectivity index (χ2n) is 5.06. The number of para-hydroxylation sites is 1. The number of rotatable bonds is 4. The van der Waals surface area contributed by atoms with Crippen molar-refractivity contribution < 1.29 is 19.0 Å². The van der Waals surface area contributed by atoms with Crippen LogP contribution in [0.25, 0.3) is 0 Å². The van der Waals surface area contributed by atoms with E-state index < -0.39 is 0 Å². The van der Waals surface area contributed by atoms with Gasteiger partial charge >= 0.3 is 5.97 Å². The van der Waals surface area contributed by atoms with E-state index in [9.17, 15) is 4.79 Å². The summed E-state index contributed by atoms with van der Waals surface area (Å²) in [4.78, 5) is 11.9. The molecule has 0 unspecified atom stereocenters. The highest BCUT2D eigenvalue weighted by Crippen LogP contribution is 2.41. The van der Waals surface area contributed by atoms with E-state index >= 15 is 0 Å². The van der Waals surface area contributed by atoms with E-state index in [2.05, 4.69) is 5.32 Å². The number of fused-ring (bicyclic) bond motifs is 2. The molecule has 0 radical (unpaired) electrons. The molecule has 3 rings (SSSR count). The van der Waals surface area contributed by atoms with Crippen LogP contribution in [-0.4, -0.2) is 19.2 Å². The molecule has 1 aliphatic rings. The molecule has 1 aliphatic heterocycles. The van der Waals surface area contributed by atoms with Gasteiger partial charge in [0.2, 0.25) is 0 Å². The summed E-state index contributed by atoms with van der Waals surface area (Å²) < 4.78 is 16.7. The summed E-state index contributed by atoms with van der Waals surface area (Å²) >= 11 is 0. The molecule has 0 aromatic heterocycles. The lowest BCUT2D eigenvalue weighted by Crippen LogP contribution is -2.05. The Morgan fingerprint density at radius 2 is 2.09 bits per heavy atom. The van der Waals surface area contributed by atoms with Gasteiger partial charge in [-0.3, -0.25) is 0 Å². The van der Waals surface area contributed by atoms with Crippen molar-refractivity contribution in [2.75, 3.05) is 18.5 Å². The zero-order valence-corrected chi connectivity index (χ0v) is 13.2. The fourth-order valence-electron chi connectivity index (χ4n) is 2.48. The SMILES string of the molecule is CCOC(=O)c1ccc2c(c1)NCc1cccc(OCC)c1O2. The Kier molecular flexibility index (Phi) is 4.37. The van der Waals surface area contributed by atoms with Crippen LogP contribution in [0.2, 0.25) is 0 Å². The Hall–Kier alpha value is -2.69. The number of nitrogens with one attached hydrogen (secondary N) is 1. The zero-order valence-electron chi connectivity index (χ0n) is 13.2. The van der Waals surface area contributed by atoms with Crippen LogP contribution in [-0.2, 0) is 11.3 Å². The monoisotopic (exact) mass is 313 g/mol. The van der Waals surface area contributed by atoms with E-state index in [4.69, 9.17) is 14.2 Å².